The van der Waals surface area contributed by atoms with Crippen LogP contribution in [0.1, 0.15) is 15.9 Å². The van der Waals surface area contributed by atoms with Crippen molar-refractivity contribution in [2.75, 3.05) is 11.8 Å². The van der Waals surface area contributed by atoms with Crippen LogP contribution in [0.3, 0.4) is 0 Å². The SMILES string of the molecule is CN1Cc2cc(-c3ccc(-c4cncc(NS(=O)(=O)c5cc(F)c(F)cc5F)c4)s3)ccc2C1=O. The van der Waals surface area contributed by atoms with E-state index in [0.29, 0.717) is 17.7 Å². The summed E-state index contributed by atoms with van der Waals surface area (Å²) in [6.07, 6.45) is 2.77. The molecule has 6 nitrogen and oxygen atoms in total. The number of benzene rings is 2. The minimum atomic E-state index is -4.53. The first-order valence-electron chi connectivity index (χ1n) is 10.2. The van der Waals surface area contributed by atoms with Gasteiger partial charge in [-0.2, -0.15) is 0 Å². The van der Waals surface area contributed by atoms with E-state index in [1.54, 1.807) is 18.1 Å². The molecule has 0 unspecified atom stereocenters. The third-order valence-electron chi connectivity index (χ3n) is 5.52. The zero-order valence-electron chi connectivity index (χ0n) is 18.1. The molecule has 0 saturated heterocycles. The summed E-state index contributed by atoms with van der Waals surface area (Å²) in [5, 5.41) is 0. The summed E-state index contributed by atoms with van der Waals surface area (Å²) in [6, 6.07) is 11.4. The van der Waals surface area contributed by atoms with Crippen molar-refractivity contribution < 1.29 is 26.4 Å². The molecule has 0 atom stereocenters. The Morgan fingerprint density at radius 1 is 0.914 bits per heavy atom. The predicted octanol–water partition coefficient (Wildman–Crippen LogP) is 5.28. The highest BCUT2D eigenvalue weighted by molar-refractivity contribution is 7.92. The lowest BCUT2D eigenvalue weighted by atomic mass is 10.1. The van der Waals surface area contributed by atoms with Crippen molar-refractivity contribution in [2.45, 2.75) is 11.4 Å². The largest absolute Gasteiger partial charge is 0.337 e. The molecule has 0 bridgehead atoms. The van der Waals surface area contributed by atoms with E-state index in [2.05, 4.69) is 9.71 Å². The van der Waals surface area contributed by atoms with E-state index in [9.17, 15) is 26.4 Å². The van der Waals surface area contributed by atoms with E-state index < -0.39 is 32.4 Å². The van der Waals surface area contributed by atoms with Gasteiger partial charge in [0.05, 0.1) is 11.9 Å². The van der Waals surface area contributed by atoms with Crippen LogP contribution in [0.4, 0.5) is 18.9 Å². The number of hydrogen-bond donors (Lipinski definition) is 1. The Morgan fingerprint density at radius 3 is 2.40 bits per heavy atom. The molecular weight excluding hydrogens is 499 g/mol. The van der Waals surface area contributed by atoms with Gasteiger partial charge in [0.25, 0.3) is 15.9 Å². The van der Waals surface area contributed by atoms with Crippen LogP contribution in [-0.4, -0.2) is 31.3 Å². The van der Waals surface area contributed by atoms with Crippen molar-refractivity contribution in [2.24, 2.45) is 0 Å². The highest BCUT2D eigenvalue weighted by Crippen LogP contribution is 2.37. The monoisotopic (exact) mass is 515 g/mol. The Hall–Kier alpha value is -3.70. The number of anilines is 1. The van der Waals surface area contributed by atoms with Crippen molar-refractivity contribution in [1.29, 1.82) is 0 Å². The van der Waals surface area contributed by atoms with Crippen LogP contribution >= 0.6 is 11.3 Å². The molecule has 0 aliphatic carbocycles. The molecule has 2 aromatic heterocycles. The summed E-state index contributed by atoms with van der Waals surface area (Å²) < 4.78 is 68.0. The first-order chi connectivity index (χ1) is 16.6. The molecule has 2 aromatic carbocycles. The molecule has 0 fully saturated rings. The van der Waals surface area contributed by atoms with Gasteiger partial charge in [0.15, 0.2) is 11.6 Å². The molecule has 1 aliphatic rings. The molecule has 0 radical (unpaired) electrons. The molecule has 4 aromatic rings. The number of halogens is 3. The van der Waals surface area contributed by atoms with Gasteiger partial charge in [-0.3, -0.25) is 14.5 Å². The molecule has 3 heterocycles. The van der Waals surface area contributed by atoms with Crippen LogP contribution in [0.25, 0.3) is 20.9 Å². The van der Waals surface area contributed by atoms with Crippen molar-refractivity contribution in [3.05, 3.63) is 89.5 Å². The number of sulfonamides is 1. The number of carbonyl (C=O) groups is 1. The molecular formula is C24H16F3N3O3S2. The Bertz CT molecular complexity index is 1600. The van der Waals surface area contributed by atoms with Gasteiger partial charge in [0, 0.05) is 52.8 Å². The molecule has 1 amide bonds. The van der Waals surface area contributed by atoms with E-state index in [0.717, 1.165) is 20.9 Å². The van der Waals surface area contributed by atoms with Gasteiger partial charge in [-0.1, -0.05) is 6.07 Å². The van der Waals surface area contributed by atoms with Gasteiger partial charge in [0.2, 0.25) is 0 Å². The summed E-state index contributed by atoms with van der Waals surface area (Å²) >= 11 is 1.45. The Balaban J connectivity index is 1.41. The second-order valence-corrected chi connectivity index (χ2v) is 10.7. The van der Waals surface area contributed by atoms with Gasteiger partial charge < -0.3 is 4.90 Å². The van der Waals surface area contributed by atoms with Gasteiger partial charge in [-0.25, -0.2) is 21.6 Å². The first kappa shape index (κ1) is 23.1. The smallest absolute Gasteiger partial charge is 0.264 e. The maximum absolute atomic E-state index is 14.0. The fourth-order valence-electron chi connectivity index (χ4n) is 3.82. The number of hydrogen-bond acceptors (Lipinski definition) is 5. The quantitative estimate of drug-likeness (QED) is 0.367. The van der Waals surface area contributed by atoms with Crippen molar-refractivity contribution >= 4 is 33.0 Å². The van der Waals surface area contributed by atoms with E-state index in [1.165, 1.54) is 23.6 Å². The average Bonchev–Trinajstić information content (AvgIpc) is 3.41. The molecule has 35 heavy (non-hydrogen) atoms. The summed E-state index contributed by atoms with van der Waals surface area (Å²) in [4.78, 5) is 18.5. The minimum Gasteiger partial charge on any atom is -0.337 e. The van der Waals surface area contributed by atoms with Crippen LogP contribution in [-0.2, 0) is 16.6 Å². The highest BCUT2D eigenvalue weighted by Gasteiger charge is 2.25. The zero-order chi connectivity index (χ0) is 24.9. The number of pyridine rings is 1. The normalized spacial score (nSPS) is 13.3. The zero-order valence-corrected chi connectivity index (χ0v) is 19.7. The lowest BCUT2D eigenvalue weighted by Crippen LogP contribution is -2.17. The molecule has 0 spiro atoms. The number of nitrogens with zero attached hydrogens (tertiary/aromatic N) is 2. The van der Waals surface area contributed by atoms with Crippen LogP contribution in [0.5, 0.6) is 0 Å². The second-order valence-electron chi connectivity index (χ2n) is 7.96. The van der Waals surface area contributed by atoms with Gasteiger partial charge in [0.1, 0.15) is 10.7 Å². The predicted molar refractivity (Wildman–Crippen MR) is 126 cm³/mol. The third-order valence-corrected chi connectivity index (χ3v) is 8.10. The number of carbonyl (C=O) groups excluding carboxylic acids is 1. The van der Waals surface area contributed by atoms with Crippen LogP contribution in [0.2, 0.25) is 0 Å². The second kappa shape index (κ2) is 8.51. The van der Waals surface area contributed by atoms with Crippen LogP contribution in [0.15, 0.2) is 65.8 Å². The van der Waals surface area contributed by atoms with E-state index >= 15 is 0 Å². The van der Waals surface area contributed by atoms with E-state index in [-0.39, 0.29) is 23.7 Å². The standard InChI is InChI=1S/C24H16F3N3O3S2/c1-30-12-15-6-13(2-3-17(15)24(30)31)21-4-5-22(34-21)14-7-16(11-28-10-14)29-35(32,33)23-9-19(26)18(25)8-20(23)27/h2-11,29H,12H2,1H3. The number of nitrogens with one attached hydrogen (secondary N) is 1. The summed E-state index contributed by atoms with van der Waals surface area (Å²) in [6.45, 7) is 0.547. The molecule has 11 heteroatoms. The number of amides is 1. The third kappa shape index (κ3) is 4.28. The fourth-order valence-corrected chi connectivity index (χ4v) is 5.91. The van der Waals surface area contributed by atoms with E-state index in [1.807, 2.05) is 30.3 Å². The van der Waals surface area contributed by atoms with Gasteiger partial charge >= 0.3 is 0 Å². The number of rotatable bonds is 5. The van der Waals surface area contributed by atoms with Gasteiger partial charge in [-0.15, -0.1) is 11.3 Å². The lowest BCUT2D eigenvalue weighted by molar-refractivity contribution is 0.0816. The van der Waals surface area contributed by atoms with E-state index in [4.69, 9.17) is 0 Å². The van der Waals surface area contributed by atoms with Crippen molar-refractivity contribution in [3.8, 4) is 20.9 Å². The molecule has 1 aliphatic heterocycles. The molecule has 0 saturated carbocycles. The Labute approximate surface area is 202 Å². The molecule has 1 N–H and O–H groups in total. The number of thiophene rings is 1. The Kier molecular flexibility index (Phi) is 5.60. The maximum atomic E-state index is 14.0. The summed E-state index contributed by atoms with van der Waals surface area (Å²) in [5.74, 6) is -4.38. The molecule has 5 rings (SSSR count). The van der Waals surface area contributed by atoms with Crippen molar-refractivity contribution in [3.63, 3.8) is 0 Å². The Morgan fingerprint density at radius 2 is 1.63 bits per heavy atom. The van der Waals surface area contributed by atoms with Gasteiger partial charge in [-0.05, 0) is 41.5 Å². The topological polar surface area (TPSA) is 79.4 Å². The van der Waals surface area contributed by atoms with Crippen LogP contribution < -0.4 is 4.72 Å². The number of fused-ring (bicyclic) bond motifs is 1. The summed E-state index contributed by atoms with van der Waals surface area (Å²) in [5.41, 5.74) is 3.22. The maximum Gasteiger partial charge on any atom is 0.264 e. The first-order valence-corrected chi connectivity index (χ1v) is 12.5. The average molecular weight is 516 g/mol. The minimum absolute atomic E-state index is 0.00739. The van der Waals surface area contributed by atoms with Crippen molar-refractivity contribution in [1.82, 2.24) is 9.88 Å². The molecule has 178 valence electrons. The van der Waals surface area contributed by atoms with Crippen LogP contribution in [0, 0.1) is 17.5 Å². The lowest BCUT2D eigenvalue weighted by Gasteiger charge is -2.10. The fraction of sp³-hybridized carbons (Fsp3) is 0.0833. The highest BCUT2D eigenvalue weighted by atomic mass is 32.2. The number of aromatic nitrogens is 1. The summed E-state index contributed by atoms with van der Waals surface area (Å²) in [7, 11) is -2.78.